The predicted octanol–water partition coefficient (Wildman–Crippen LogP) is 2.09. The zero-order valence-corrected chi connectivity index (χ0v) is 21.1. The number of likely N-dealkylation sites (tertiary alicyclic amines) is 1. The Balaban J connectivity index is 1.57. The number of piperidine rings is 1. The van der Waals surface area contributed by atoms with Crippen LogP contribution in [0.1, 0.15) is 50.4 Å². The van der Waals surface area contributed by atoms with Gasteiger partial charge in [-0.25, -0.2) is 13.9 Å². The van der Waals surface area contributed by atoms with Crippen LogP contribution in [0, 0.1) is 5.92 Å². The van der Waals surface area contributed by atoms with E-state index in [-0.39, 0.29) is 35.4 Å². The first-order valence-electron chi connectivity index (χ1n) is 11.3. The van der Waals surface area contributed by atoms with Crippen LogP contribution in [-0.4, -0.2) is 56.3 Å². The number of nitrogens with zero attached hydrogens (tertiary/aromatic N) is 5. The zero-order valence-electron chi connectivity index (χ0n) is 19.9. The van der Waals surface area contributed by atoms with Crippen LogP contribution in [0.2, 0.25) is 0 Å². The summed E-state index contributed by atoms with van der Waals surface area (Å²) in [7, 11) is 2.50. The van der Waals surface area contributed by atoms with E-state index in [1.807, 2.05) is 25.7 Å². The number of hydrogen-bond donors (Lipinski definition) is 2. The van der Waals surface area contributed by atoms with Crippen molar-refractivity contribution in [3.05, 3.63) is 41.4 Å². The van der Waals surface area contributed by atoms with Crippen molar-refractivity contribution in [3.63, 3.8) is 0 Å². The van der Waals surface area contributed by atoms with E-state index in [1.54, 1.807) is 12.4 Å². The Labute approximate surface area is 204 Å². The second-order valence-corrected chi connectivity index (χ2v) is 10.2. The lowest BCUT2D eigenvalue weighted by Crippen LogP contribution is -2.40. The third-order valence-electron chi connectivity index (χ3n) is 5.66. The molecule has 1 amide bonds. The third kappa shape index (κ3) is 5.51. The van der Waals surface area contributed by atoms with Gasteiger partial charge in [-0.3, -0.25) is 14.6 Å². The van der Waals surface area contributed by atoms with Crippen molar-refractivity contribution in [1.29, 1.82) is 0 Å². The summed E-state index contributed by atoms with van der Waals surface area (Å²) in [5.74, 6) is -1.60. The Morgan fingerprint density at radius 1 is 1.29 bits per heavy atom. The third-order valence-corrected chi connectivity index (χ3v) is 5.96. The predicted molar refractivity (Wildman–Crippen MR) is 134 cm³/mol. The van der Waals surface area contributed by atoms with Gasteiger partial charge in [0.2, 0.25) is 0 Å². The molecule has 0 radical (unpaired) electrons. The van der Waals surface area contributed by atoms with Crippen LogP contribution in [0.5, 0.6) is 0 Å². The first kappa shape index (κ1) is 24.8. The molecule has 4 rings (SSSR count). The van der Waals surface area contributed by atoms with E-state index in [2.05, 4.69) is 29.6 Å². The number of aromatic nitrogens is 3. The van der Waals surface area contributed by atoms with Gasteiger partial charge in [-0.15, -0.1) is 14.3 Å². The number of allylic oxidation sites excluding steroid dienone is 2. The van der Waals surface area contributed by atoms with Crippen LogP contribution in [0.25, 0.3) is 5.65 Å². The van der Waals surface area contributed by atoms with E-state index in [1.165, 1.54) is 10.7 Å². The number of carbonyl (C=O) groups excluding carboxylic acids is 2. The molecule has 2 aromatic rings. The summed E-state index contributed by atoms with van der Waals surface area (Å²) in [5, 5.41) is 7.74. The number of halogens is 1. The van der Waals surface area contributed by atoms with Crippen LogP contribution < -0.4 is 16.4 Å². The largest absolute Gasteiger partial charge is 0.460 e. The van der Waals surface area contributed by atoms with Crippen LogP contribution >= 0.6 is 9.24 Å². The second-order valence-electron chi connectivity index (χ2n) is 9.50. The van der Waals surface area contributed by atoms with Gasteiger partial charge >= 0.3 is 5.97 Å². The molecular weight excluding hydrogens is 472 g/mol. The van der Waals surface area contributed by atoms with Crippen molar-refractivity contribution in [2.75, 3.05) is 18.8 Å². The molecule has 0 aliphatic carbocycles. The van der Waals surface area contributed by atoms with E-state index in [0.29, 0.717) is 37.3 Å². The molecule has 4 heterocycles. The maximum Gasteiger partial charge on any atom is 0.309 e. The molecule has 2 aliphatic rings. The Morgan fingerprint density at radius 3 is 2.69 bits per heavy atom. The monoisotopic (exact) mass is 501 g/mol. The molecule has 1 atom stereocenters. The number of nitrogens with two attached hydrogens (primary N) is 1. The van der Waals surface area contributed by atoms with Gasteiger partial charge in [-0.2, -0.15) is 0 Å². The first-order valence-corrected chi connectivity index (χ1v) is 11.9. The summed E-state index contributed by atoms with van der Waals surface area (Å²) in [6.07, 6.45) is 7.14. The standard InChI is InChI=1S/C23H29FN7O3P/c1-23(2,3)34-22(33)13-5-8-30(9-6-13)18-15(24)11-26-7-4-16(18)28-21(32)17-19(25)29-31-12-14(35)10-27-20(17)31/h7,10-13H,4-6,8-9,35H2,1-3H3,(H2,25,29)(H,28,32). The smallest absolute Gasteiger partial charge is 0.309 e. The second kappa shape index (κ2) is 9.73. The van der Waals surface area contributed by atoms with Crippen molar-refractivity contribution in [2.45, 2.75) is 45.6 Å². The molecule has 2 aliphatic heterocycles. The molecule has 1 saturated heterocycles. The molecule has 12 heteroatoms. The summed E-state index contributed by atoms with van der Waals surface area (Å²) in [6, 6.07) is 0. The van der Waals surface area contributed by atoms with E-state index in [9.17, 15) is 9.59 Å². The van der Waals surface area contributed by atoms with E-state index < -0.39 is 17.3 Å². The van der Waals surface area contributed by atoms with Crippen molar-refractivity contribution < 1.29 is 18.7 Å². The van der Waals surface area contributed by atoms with Crippen LogP contribution in [0.15, 0.2) is 40.8 Å². The highest BCUT2D eigenvalue weighted by atomic mass is 31.0. The topological polar surface area (TPSA) is 127 Å². The summed E-state index contributed by atoms with van der Waals surface area (Å²) in [5.41, 5.74) is 6.45. The fourth-order valence-corrected chi connectivity index (χ4v) is 4.34. The summed E-state index contributed by atoms with van der Waals surface area (Å²) < 4.78 is 22.1. The highest BCUT2D eigenvalue weighted by Gasteiger charge is 2.32. The molecule has 1 fully saturated rings. The molecule has 186 valence electrons. The van der Waals surface area contributed by atoms with E-state index >= 15 is 4.39 Å². The Morgan fingerprint density at radius 2 is 2.00 bits per heavy atom. The number of fused-ring (bicyclic) bond motifs is 1. The van der Waals surface area contributed by atoms with Crippen molar-refractivity contribution >= 4 is 44.1 Å². The van der Waals surface area contributed by atoms with E-state index in [4.69, 9.17) is 10.5 Å². The van der Waals surface area contributed by atoms with Gasteiger partial charge in [0, 0.05) is 49.1 Å². The quantitative estimate of drug-likeness (QED) is 0.485. The number of rotatable bonds is 4. The average Bonchev–Trinajstić information content (AvgIpc) is 2.99. The van der Waals surface area contributed by atoms with Gasteiger partial charge in [0.1, 0.15) is 11.2 Å². The lowest BCUT2D eigenvalue weighted by atomic mass is 9.95. The first-order chi connectivity index (χ1) is 16.5. The molecule has 35 heavy (non-hydrogen) atoms. The Kier molecular flexibility index (Phi) is 6.89. The molecule has 0 spiro atoms. The highest BCUT2D eigenvalue weighted by Crippen LogP contribution is 2.30. The van der Waals surface area contributed by atoms with Crippen molar-refractivity contribution in [1.82, 2.24) is 24.8 Å². The number of anilines is 1. The summed E-state index contributed by atoms with van der Waals surface area (Å²) in [6.45, 7) is 6.35. The van der Waals surface area contributed by atoms with Gasteiger partial charge in [-0.05, 0) is 33.6 Å². The zero-order chi connectivity index (χ0) is 25.3. The number of amides is 1. The number of aliphatic imine (C=N–C) groups is 1. The minimum absolute atomic E-state index is 0.0178. The Bertz CT molecular complexity index is 1250. The molecule has 3 N–H and O–H groups in total. The number of carbonyl (C=O) groups is 2. The molecule has 0 bridgehead atoms. The van der Waals surface area contributed by atoms with E-state index in [0.717, 1.165) is 11.5 Å². The number of ether oxygens (including phenoxy) is 1. The van der Waals surface area contributed by atoms with Gasteiger partial charge in [0.25, 0.3) is 5.91 Å². The molecule has 0 saturated carbocycles. The average molecular weight is 502 g/mol. The minimum atomic E-state index is -0.566. The van der Waals surface area contributed by atoms with Crippen molar-refractivity contribution in [3.8, 4) is 0 Å². The molecule has 1 unspecified atom stereocenters. The van der Waals surface area contributed by atoms with Crippen molar-refractivity contribution in [2.24, 2.45) is 10.9 Å². The van der Waals surface area contributed by atoms with Crippen LogP contribution in [0.3, 0.4) is 0 Å². The maximum atomic E-state index is 15.1. The van der Waals surface area contributed by atoms with Crippen LogP contribution in [-0.2, 0) is 9.53 Å². The fraction of sp³-hybridized carbons (Fsp3) is 0.435. The number of esters is 1. The number of nitrogen functional groups attached to an aromatic ring is 1. The highest BCUT2D eigenvalue weighted by molar-refractivity contribution is 7.27. The van der Waals surface area contributed by atoms with Gasteiger partial charge in [-0.1, -0.05) is 0 Å². The normalized spacial score (nSPS) is 17.4. The lowest BCUT2D eigenvalue weighted by Gasteiger charge is -2.35. The maximum absolute atomic E-state index is 15.1. The number of nitrogens with one attached hydrogen (secondary N) is 1. The summed E-state index contributed by atoms with van der Waals surface area (Å²) >= 11 is 0. The number of hydrogen-bond acceptors (Lipinski definition) is 8. The lowest BCUT2D eigenvalue weighted by molar-refractivity contribution is -0.161. The Hall–Kier alpha value is -3.33. The minimum Gasteiger partial charge on any atom is -0.460 e. The van der Waals surface area contributed by atoms with Gasteiger partial charge in [0.15, 0.2) is 17.3 Å². The fourth-order valence-electron chi connectivity index (χ4n) is 4.12. The van der Waals surface area contributed by atoms with Gasteiger partial charge < -0.3 is 20.7 Å². The molecule has 2 aromatic heterocycles. The van der Waals surface area contributed by atoms with Crippen LogP contribution in [0.4, 0.5) is 10.2 Å². The molecule has 10 nitrogen and oxygen atoms in total. The molecule has 0 aromatic carbocycles. The summed E-state index contributed by atoms with van der Waals surface area (Å²) in [4.78, 5) is 35.8. The van der Waals surface area contributed by atoms with Gasteiger partial charge in [0.05, 0.1) is 17.8 Å². The molecular formula is C23H29FN7O3P. The SMILES string of the molecule is CC(C)(C)OC(=O)C1CCN(C2=C(NC(=O)c3c(N)nn4cc(P)cnc34)CC=NC=C2F)CC1.